The third-order valence-electron chi connectivity index (χ3n) is 2.22. The smallest absolute Gasteiger partial charge is 0.325 e. The van der Waals surface area contributed by atoms with Crippen LogP contribution in [-0.2, 0) is 19.7 Å². The van der Waals surface area contributed by atoms with E-state index in [-0.39, 0.29) is 6.42 Å². The number of hydrogen-bond donors (Lipinski definition) is 0. The molecule has 0 amide bonds. The van der Waals surface area contributed by atoms with Crippen molar-refractivity contribution in [2.24, 2.45) is 0 Å². The van der Waals surface area contributed by atoms with Crippen LogP contribution < -0.4 is 0 Å². The number of esters is 2. The second-order valence-corrected chi connectivity index (χ2v) is 4.20. The first-order valence-electron chi connectivity index (χ1n) is 3.92. The molecule has 2 rings (SSSR count). The summed E-state index contributed by atoms with van der Waals surface area (Å²) in [5.41, 5.74) is -0.745. The Morgan fingerprint density at radius 1 is 1.54 bits per heavy atom. The van der Waals surface area contributed by atoms with Gasteiger partial charge in [0.05, 0.1) is 6.42 Å². The predicted molar refractivity (Wildman–Crippen MR) is 47.4 cm³/mol. The molecule has 2 heterocycles. The maximum Gasteiger partial charge on any atom is 0.325 e. The number of hydrogen-bond acceptors (Lipinski definition) is 4. The minimum atomic E-state index is -0.745. The lowest BCUT2D eigenvalue weighted by atomic mass is 9.87. The van der Waals surface area contributed by atoms with E-state index >= 15 is 0 Å². The van der Waals surface area contributed by atoms with Crippen LogP contribution in [0.4, 0.5) is 0 Å². The molecule has 0 N–H and O–H groups in total. The summed E-state index contributed by atoms with van der Waals surface area (Å²) in [5.74, 6) is -0.860. The Balaban J connectivity index is 2.42. The monoisotopic (exact) mass is 196 g/mol. The van der Waals surface area contributed by atoms with Crippen LogP contribution in [0.25, 0.3) is 0 Å². The maximum atomic E-state index is 11.4. The van der Waals surface area contributed by atoms with Gasteiger partial charge in [0.25, 0.3) is 0 Å². The van der Waals surface area contributed by atoms with Crippen molar-refractivity contribution in [3.8, 4) is 0 Å². The minimum Gasteiger partial charge on any atom is -0.392 e. The zero-order valence-corrected chi connectivity index (χ0v) is 7.89. The van der Waals surface area contributed by atoms with Gasteiger partial charge in [-0.2, -0.15) is 0 Å². The van der Waals surface area contributed by atoms with Crippen LogP contribution in [0.15, 0.2) is 17.5 Å². The second-order valence-electron chi connectivity index (χ2n) is 3.25. The van der Waals surface area contributed by atoms with Gasteiger partial charge in [0.2, 0.25) is 0 Å². The summed E-state index contributed by atoms with van der Waals surface area (Å²) in [6, 6.07) is 3.71. The summed E-state index contributed by atoms with van der Waals surface area (Å²) in [4.78, 5) is 23.2. The maximum absolute atomic E-state index is 11.4. The third kappa shape index (κ3) is 1.18. The molecule has 0 spiro atoms. The first kappa shape index (κ1) is 8.44. The molecule has 1 saturated heterocycles. The van der Waals surface area contributed by atoms with Crippen molar-refractivity contribution >= 4 is 23.3 Å². The van der Waals surface area contributed by atoms with E-state index in [1.807, 2.05) is 17.5 Å². The summed E-state index contributed by atoms with van der Waals surface area (Å²) < 4.78 is 4.53. The molecular weight excluding hydrogens is 188 g/mol. The van der Waals surface area contributed by atoms with Crippen LogP contribution in [0, 0.1) is 0 Å². The van der Waals surface area contributed by atoms with Crippen LogP contribution in [0.1, 0.15) is 18.2 Å². The molecule has 13 heavy (non-hydrogen) atoms. The lowest BCUT2D eigenvalue weighted by molar-refractivity contribution is -0.153. The van der Waals surface area contributed by atoms with Crippen molar-refractivity contribution < 1.29 is 14.3 Å². The number of rotatable bonds is 1. The van der Waals surface area contributed by atoms with Crippen molar-refractivity contribution in [3.05, 3.63) is 22.4 Å². The molecular formula is C9H8O3S. The Kier molecular flexibility index (Phi) is 1.73. The van der Waals surface area contributed by atoms with E-state index in [1.54, 1.807) is 6.92 Å². The predicted octanol–water partition coefficient (Wildman–Crippen LogP) is 1.48. The Morgan fingerprint density at radius 3 is 2.77 bits per heavy atom. The molecule has 0 bridgehead atoms. The lowest BCUT2D eigenvalue weighted by Crippen LogP contribution is -2.26. The standard InChI is InChI=1S/C9H8O3S/c1-9(6-3-2-4-13-6)5-7(10)12-8(9)11/h2-4H,5H2,1H3. The van der Waals surface area contributed by atoms with E-state index in [9.17, 15) is 9.59 Å². The van der Waals surface area contributed by atoms with Gasteiger partial charge in [-0.05, 0) is 18.4 Å². The SMILES string of the molecule is CC1(c2cccs2)CC(=O)OC1=O. The van der Waals surface area contributed by atoms with Crippen LogP contribution >= 0.6 is 11.3 Å². The van der Waals surface area contributed by atoms with E-state index in [4.69, 9.17) is 0 Å². The number of cyclic esters (lactones) is 2. The van der Waals surface area contributed by atoms with E-state index in [1.165, 1.54) is 11.3 Å². The van der Waals surface area contributed by atoms with Crippen molar-refractivity contribution in [2.45, 2.75) is 18.8 Å². The Hall–Kier alpha value is -1.16. The van der Waals surface area contributed by atoms with Gasteiger partial charge in [-0.25, -0.2) is 0 Å². The van der Waals surface area contributed by atoms with Crippen LogP contribution in [-0.4, -0.2) is 11.9 Å². The van der Waals surface area contributed by atoms with E-state index in [2.05, 4.69) is 4.74 Å². The first-order chi connectivity index (χ1) is 6.13. The molecule has 4 heteroatoms. The van der Waals surface area contributed by atoms with Gasteiger partial charge in [0, 0.05) is 4.88 Å². The van der Waals surface area contributed by atoms with Crippen molar-refractivity contribution in [1.29, 1.82) is 0 Å². The molecule has 1 aromatic heterocycles. The minimum absolute atomic E-state index is 0.159. The molecule has 1 aromatic rings. The van der Waals surface area contributed by atoms with Gasteiger partial charge >= 0.3 is 11.9 Å². The number of carbonyl (C=O) groups excluding carboxylic acids is 2. The summed E-state index contributed by atoms with van der Waals surface area (Å²) in [6.07, 6.45) is 0.159. The Morgan fingerprint density at radius 2 is 2.31 bits per heavy atom. The van der Waals surface area contributed by atoms with Crippen LogP contribution in [0.3, 0.4) is 0 Å². The van der Waals surface area contributed by atoms with E-state index in [0.29, 0.717) is 0 Å². The van der Waals surface area contributed by atoms with E-state index in [0.717, 1.165) is 4.88 Å². The van der Waals surface area contributed by atoms with Gasteiger partial charge in [0.15, 0.2) is 0 Å². The van der Waals surface area contributed by atoms with Gasteiger partial charge < -0.3 is 4.74 Å². The quantitative estimate of drug-likeness (QED) is 0.504. The molecule has 0 radical (unpaired) electrons. The van der Waals surface area contributed by atoms with Gasteiger partial charge in [-0.3, -0.25) is 9.59 Å². The number of thiophene rings is 1. The number of carbonyl (C=O) groups is 2. The Labute approximate surface area is 79.3 Å². The van der Waals surface area contributed by atoms with Crippen molar-refractivity contribution in [2.75, 3.05) is 0 Å². The highest BCUT2D eigenvalue weighted by molar-refractivity contribution is 7.10. The summed E-state index contributed by atoms with van der Waals surface area (Å²) in [7, 11) is 0. The Bertz CT molecular complexity index is 355. The van der Waals surface area contributed by atoms with Crippen molar-refractivity contribution in [1.82, 2.24) is 0 Å². The molecule has 1 aliphatic rings. The van der Waals surface area contributed by atoms with Crippen LogP contribution in [0.2, 0.25) is 0 Å². The van der Waals surface area contributed by atoms with Crippen molar-refractivity contribution in [3.63, 3.8) is 0 Å². The zero-order valence-electron chi connectivity index (χ0n) is 7.07. The second kappa shape index (κ2) is 2.67. The highest BCUT2D eigenvalue weighted by atomic mass is 32.1. The summed E-state index contributed by atoms with van der Waals surface area (Å²) >= 11 is 1.47. The van der Waals surface area contributed by atoms with Gasteiger partial charge in [-0.1, -0.05) is 6.07 Å². The fraction of sp³-hybridized carbons (Fsp3) is 0.333. The van der Waals surface area contributed by atoms with Crippen LogP contribution in [0.5, 0.6) is 0 Å². The topological polar surface area (TPSA) is 43.4 Å². The molecule has 3 nitrogen and oxygen atoms in total. The first-order valence-corrected chi connectivity index (χ1v) is 4.80. The average molecular weight is 196 g/mol. The lowest BCUT2D eigenvalue weighted by Gasteiger charge is -2.14. The summed E-state index contributed by atoms with van der Waals surface area (Å²) in [6.45, 7) is 1.74. The van der Waals surface area contributed by atoms with Gasteiger partial charge in [0.1, 0.15) is 5.41 Å². The molecule has 1 aliphatic heterocycles. The largest absolute Gasteiger partial charge is 0.392 e. The highest BCUT2D eigenvalue weighted by Crippen LogP contribution is 2.36. The highest BCUT2D eigenvalue weighted by Gasteiger charge is 2.47. The molecule has 1 fully saturated rings. The van der Waals surface area contributed by atoms with Gasteiger partial charge in [-0.15, -0.1) is 11.3 Å². The molecule has 1 atom stereocenters. The molecule has 0 aromatic carbocycles. The average Bonchev–Trinajstić information content (AvgIpc) is 2.61. The normalized spacial score (nSPS) is 27.8. The fourth-order valence-corrected chi connectivity index (χ4v) is 2.27. The zero-order chi connectivity index (χ0) is 9.47. The number of ether oxygens (including phenoxy) is 1. The third-order valence-corrected chi connectivity index (χ3v) is 3.35. The molecule has 1 unspecified atom stereocenters. The molecule has 0 aliphatic carbocycles. The fourth-order valence-electron chi connectivity index (χ4n) is 1.39. The summed E-state index contributed by atoms with van der Waals surface area (Å²) in [5, 5.41) is 1.89. The molecule has 68 valence electrons. The van der Waals surface area contributed by atoms with E-state index < -0.39 is 17.4 Å². The molecule has 0 saturated carbocycles.